The Hall–Kier alpha value is -3.96. The van der Waals surface area contributed by atoms with Crippen molar-refractivity contribution in [1.29, 1.82) is 0 Å². The van der Waals surface area contributed by atoms with Crippen molar-refractivity contribution >= 4 is 29.1 Å². The molecule has 3 rings (SSSR count). The zero-order chi connectivity index (χ0) is 31.2. The SMILES string of the molecule is Cc1ccc(NC(=O)Nc2cc(CCC(=O)OCON(O)OCc3ccccc3)ccc2N(CC(C)C)CC(C)C)cc1. The van der Waals surface area contributed by atoms with Gasteiger partial charge in [-0.1, -0.05) is 81.8 Å². The third-order valence-corrected chi connectivity index (χ3v) is 6.32. The number of rotatable bonds is 16. The van der Waals surface area contributed by atoms with Gasteiger partial charge in [0.25, 0.3) is 0 Å². The minimum Gasteiger partial charge on any atom is -0.437 e. The van der Waals surface area contributed by atoms with Crippen molar-refractivity contribution in [3.8, 4) is 0 Å². The molecule has 0 unspecified atom stereocenters. The molecule has 0 radical (unpaired) electrons. The number of urea groups is 1. The molecule has 0 aliphatic heterocycles. The number of nitrogens with one attached hydrogen (secondary N) is 2. The summed E-state index contributed by atoms with van der Waals surface area (Å²) in [7, 11) is 0. The largest absolute Gasteiger partial charge is 0.437 e. The van der Waals surface area contributed by atoms with Gasteiger partial charge in [0.2, 0.25) is 6.79 Å². The summed E-state index contributed by atoms with van der Waals surface area (Å²) in [5, 5.41) is 15.8. The molecule has 232 valence electrons. The first kappa shape index (κ1) is 33.5. The van der Waals surface area contributed by atoms with Crippen LogP contribution < -0.4 is 15.5 Å². The standard InChI is InChI=1S/C33H44N4O6/c1-24(2)20-36(21-25(3)4)31-17-13-27(19-30(31)35-33(39)34-29-15-11-26(5)12-16-29)14-18-32(38)41-23-43-37(40)42-22-28-9-7-6-8-10-28/h6-13,15-17,19,24-25,40H,14,18,20-23H2,1-5H3,(H2,34,35,39). The molecule has 0 bridgehead atoms. The van der Waals surface area contributed by atoms with Gasteiger partial charge in [-0.2, -0.15) is 0 Å². The van der Waals surface area contributed by atoms with Crippen molar-refractivity contribution in [3.05, 3.63) is 89.5 Å². The molecule has 3 aromatic carbocycles. The van der Waals surface area contributed by atoms with Gasteiger partial charge in [0.05, 0.1) is 23.4 Å². The van der Waals surface area contributed by atoms with E-state index >= 15 is 0 Å². The van der Waals surface area contributed by atoms with Crippen LogP contribution in [0.5, 0.6) is 0 Å². The van der Waals surface area contributed by atoms with E-state index in [1.54, 1.807) is 0 Å². The van der Waals surface area contributed by atoms with Crippen molar-refractivity contribution in [2.75, 3.05) is 35.4 Å². The molecule has 0 atom stereocenters. The van der Waals surface area contributed by atoms with E-state index in [1.165, 1.54) is 0 Å². The van der Waals surface area contributed by atoms with Crippen LogP contribution >= 0.6 is 0 Å². The number of benzene rings is 3. The van der Waals surface area contributed by atoms with Crippen LogP contribution in [-0.2, 0) is 32.2 Å². The maximum atomic E-state index is 13.0. The summed E-state index contributed by atoms with van der Waals surface area (Å²) in [5.41, 5.74) is 5.07. The van der Waals surface area contributed by atoms with Gasteiger partial charge in [-0.05, 0) is 60.6 Å². The van der Waals surface area contributed by atoms with Gasteiger partial charge in [-0.25, -0.2) is 14.5 Å². The van der Waals surface area contributed by atoms with Gasteiger partial charge >= 0.3 is 12.0 Å². The van der Waals surface area contributed by atoms with Crippen molar-refractivity contribution in [2.45, 2.75) is 54.1 Å². The molecular formula is C33H44N4O6. The van der Waals surface area contributed by atoms with Crippen LogP contribution in [0.1, 0.15) is 50.8 Å². The highest BCUT2D eigenvalue weighted by atomic mass is 17.1. The zero-order valence-corrected chi connectivity index (χ0v) is 25.7. The minimum atomic E-state index is -0.506. The molecule has 3 N–H and O–H groups in total. The third kappa shape index (κ3) is 12.4. The van der Waals surface area contributed by atoms with Gasteiger partial charge in [-0.15, -0.1) is 0 Å². The van der Waals surface area contributed by atoms with Crippen LogP contribution in [0.4, 0.5) is 21.9 Å². The number of nitrogens with zero attached hydrogens (tertiary/aromatic N) is 2. The van der Waals surface area contributed by atoms with E-state index in [0.29, 0.717) is 29.6 Å². The molecule has 0 saturated carbocycles. The van der Waals surface area contributed by atoms with Crippen LogP contribution in [-0.4, -0.2) is 42.5 Å². The smallest absolute Gasteiger partial charge is 0.323 e. The maximum Gasteiger partial charge on any atom is 0.323 e. The van der Waals surface area contributed by atoms with Crippen molar-refractivity contribution in [3.63, 3.8) is 0 Å². The Labute approximate surface area is 254 Å². The molecular weight excluding hydrogens is 548 g/mol. The number of carbonyl (C=O) groups is 2. The number of amides is 2. The second-order valence-corrected chi connectivity index (χ2v) is 11.2. The van der Waals surface area contributed by atoms with E-state index in [2.05, 4.69) is 43.2 Å². The molecule has 0 fully saturated rings. The lowest BCUT2D eigenvalue weighted by Gasteiger charge is -2.30. The number of carbonyl (C=O) groups excluding carboxylic acids is 2. The van der Waals surface area contributed by atoms with E-state index in [4.69, 9.17) is 14.4 Å². The van der Waals surface area contributed by atoms with Gasteiger partial charge in [-0.3, -0.25) is 10.0 Å². The normalized spacial score (nSPS) is 11.2. The molecule has 0 aliphatic rings. The lowest BCUT2D eigenvalue weighted by Crippen LogP contribution is -2.32. The fourth-order valence-electron chi connectivity index (χ4n) is 4.39. The molecule has 0 aromatic heterocycles. The fourth-order valence-corrected chi connectivity index (χ4v) is 4.39. The number of aryl methyl sites for hydroxylation is 2. The Kier molecular flexibility index (Phi) is 13.4. The summed E-state index contributed by atoms with van der Waals surface area (Å²) < 4.78 is 5.07. The summed E-state index contributed by atoms with van der Waals surface area (Å²) in [4.78, 5) is 37.5. The van der Waals surface area contributed by atoms with Gasteiger partial charge in [0, 0.05) is 25.2 Å². The monoisotopic (exact) mass is 592 g/mol. The Morgan fingerprint density at radius 1 is 0.837 bits per heavy atom. The molecule has 0 spiro atoms. The molecule has 0 saturated heterocycles. The molecule has 0 heterocycles. The van der Waals surface area contributed by atoms with E-state index in [-0.39, 0.29) is 24.4 Å². The number of hydrogen-bond donors (Lipinski definition) is 3. The molecule has 3 aromatic rings. The highest BCUT2D eigenvalue weighted by Gasteiger charge is 2.17. The summed E-state index contributed by atoms with van der Waals surface area (Å²) in [5.74, 6) is 0.333. The van der Waals surface area contributed by atoms with Crippen molar-refractivity contribution in [1.82, 2.24) is 5.39 Å². The average Bonchev–Trinajstić information content (AvgIpc) is 2.96. The molecule has 0 aliphatic carbocycles. The van der Waals surface area contributed by atoms with Crippen molar-refractivity contribution in [2.24, 2.45) is 11.8 Å². The predicted molar refractivity (Wildman–Crippen MR) is 167 cm³/mol. The van der Waals surface area contributed by atoms with Crippen molar-refractivity contribution < 1.29 is 29.2 Å². The molecule has 43 heavy (non-hydrogen) atoms. The predicted octanol–water partition coefficient (Wildman–Crippen LogP) is 6.95. The number of anilines is 3. The number of esters is 1. The van der Waals surface area contributed by atoms with E-state index in [9.17, 15) is 14.8 Å². The zero-order valence-electron chi connectivity index (χ0n) is 25.7. The van der Waals surface area contributed by atoms with Gasteiger partial charge in [0.15, 0.2) is 0 Å². The lowest BCUT2D eigenvalue weighted by molar-refractivity contribution is -0.524. The quantitative estimate of drug-likeness (QED) is 0.0931. The maximum absolute atomic E-state index is 13.0. The van der Waals surface area contributed by atoms with Crippen LogP contribution in [0.3, 0.4) is 0 Å². The molecule has 2 amide bonds. The second-order valence-electron chi connectivity index (χ2n) is 11.2. The molecule has 10 heteroatoms. The first-order chi connectivity index (χ1) is 20.6. The third-order valence-electron chi connectivity index (χ3n) is 6.32. The Balaban J connectivity index is 1.61. The van der Waals surface area contributed by atoms with Crippen LogP contribution in [0.2, 0.25) is 0 Å². The highest BCUT2D eigenvalue weighted by Crippen LogP contribution is 2.30. The number of ether oxygens (including phenoxy) is 1. The summed E-state index contributed by atoms with van der Waals surface area (Å²) in [6.45, 7) is 11.9. The second kappa shape index (κ2) is 17.2. The molecule has 10 nitrogen and oxygen atoms in total. The van der Waals surface area contributed by atoms with Gasteiger partial charge in [0.1, 0.15) is 0 Å². The Bertz CT molecular complexity index is 1270. The fraction of sp³-hybridized carbons (Fsp3) is 0.394. The Morgan fingerprint density at radius 2 is 1.51 bits per heavy atom. The summed E-state index contributed by atoms with van der Waals surface area (Å²) in [6, 6.07) is 22.3. The van der Waals surface area contributed by atoms with E-state index in [0.717, 1.165) is 35.5 Å². The van der Waals surface area contributed by atoms with Crippen LogP contribution in [0, 0.1) is 18.8 Å². The van der Waals surface area contributed by atoms with Crippen LogP contribution in [0.25, 0.3) is 0 Å². The first-order valence-corrected chi connectivity index (χ1v) is 14.6. The van der Waals surface area contributed by atoms with Crippen LogP contribution in [0.15, 0.2) is 72.8 Å². The summed E-state index contributed by atoms with van der Waals surface area (Å²) >= 11 is 0. The lowest BCUT2D eigenvalue weighted by atomic mass is 10.1. The minimum absolute atomic E-state index is 0.0791. The first-order valence-electron chi connectivity index (χ1n) is 14.6. The summed E-state index contributed by atoms with van der Waals surface area (Å²) in [6.07, 6.45) is 0.463. The topological polar surface area (TPSA) is 113 Å². The van der Waals surface area contributed by atoms with E-state index in [1.807, 2.05) is 79.7 Å². The Morgan fingerprint density at radius 3 is 2.16 bits per heavy atom. The average molecular weight is 593 g/mol. The number of hydrogen-bond acceptors (Lipinski definition) is 8. The highest BCUT2D eigenvalue weighted by molar-refractivity contribution is 6.02. The van der Waals surface area contributed by atoms with Gasteiger partial charge < -0.3 is 20.3 Å². The van der Waals surface area contributed by atoms with E-state index < -0.39 is 12.8 Å².